The van der Waals surface area contributed by atoms with Crippen LogP contribution in [-0.4, -0.2) is 34.6 Å². The van der Waals surface area contributed by atoms with E-state index in [4.69, 9.17) is 17.3 Å². The monoisotopic (exact) mass is 438 g/mol. The van der Waals surface area contributed by atoms with E-state index >= 15 is 0 Å². The molecule has 0 aromatic heterocycles. The van der Waals surface area contributed by atoms with Gasteiger partial charge in [-0.15, -0.1) is 0 Å². The van der Waals surface area contributed by atoms with Crippen LogP contribution in [0.3, 0.4) is 0 Å². The van der Waals surface area contributed by atoms with Crippen molar-refractivity contribution in [1.29, 1.82) is 0 Å². The zero-order valence-electron chi connectivity index (χ0n) is 16.3. The standard InChI is InChI=1S/C22H19ClN4O4/c23-12-6-7-14-13(8-12)22(21(31)25-14)18-17(15(26-22)9-16(24)28)19(29)27(20(18)30)10-11-4-2-1-3-5-11/h1-8,15,17-18,26H,9-10H2,(H2,24,28)(H,25,31)/t15?,17-,18+,22?/m1/s1. The quantitative estimate of drug-likeness (QED) is 0.618. The van der Waals surface area contributed by atoms with Crippen LogP contribution in [0.5, 0.6) is 0 Å². The number of primary amides is 1. The number of likely N-dealkylation sites (tertiary alicyclic amines) is 1. The molecule has 0 bridgehead atoms. The van der Waals surface area contributed by atoms with Gasteiger partial charge in [-0.2, -0.15) is 0 Å². The van der Waals surface area contributed by atoms with E-state index in [2.05, 4.69) is 10.6 Å². The van der Waals surface area contributed by atoms with E-state index in [1.165, 1.54) is 4.90 Å². The Morgan fingerprint density at radius 1 is 1.10 bits per heavy atom. The largest absolute Gasteiger partial charge is 0.370 e. The van der Waals surface area contributed by atoms with Crippen molar-refractivity contribution in [2.45, 2.75) is 24.5 Å². The minimum absolute atomic E-state index is 0.0922. The van der Waals surface area contributed by atoms with E-state index in [9.17, 15) is 19.2 Å². The molecule has 1 spiro atoms. The van der Waals surface area contributed by atoms with Crippen LogP contribution in [0.25, 0.3) is 0 Å². The maximum absolute atomic E-state index is 13.6. The first-order valence-corrected chi connectivity index (χ1v) is 10.3. The summed E-state index contributed by atoms with van der Waals surface area (Å²) in [5.41, 5.74) is 5.73. The van der Waals surface area contributed by atoms with Crippen LogP contribution >= 0.6 is 11.6 Å². The zero-order valence-corrected chi connectivity index (χ0v) is 17.1. The molecule has 0 aliphatic carbocycles. The number of carbonyl (C=O) groups excluding carboxylic acids is 4. The molecule has 4 N–H and O–H groups in total. The Kier molecular flexibility index (Phi) is 4.39. The fourth-order valence-electron chi connectivity index (χ4n) is 5.15. The van der Waals surface area contributed by atoms with E-state index in [-0.39, 0.29) is 13.0 Å². The predicted molar refractivity (Wildman–Crippen MR) is 111 cm³/mol. The Hall–Kier alpha value is -3.23. The Bertz CT molecular complexity index is 1140. The van der Waals surface area contributed by atoms with Crippen molar-refractivity contribution < 1.29 is 19.2 Å². The molecule has 4 atom stereocenters. The smallest absolute Gasteiger partial charge is 0.250 e. The van der Waals surface area contributed by atoms with Crippen LogP contribution in [0.1, 0.15) is 17.5 Å². The highest BCUT2D eigenvalue weighted by atomic mass is 35.5. The van der Waals surface area contributed by atoms with Gasteiger partial charge in [0.25, 0.3) is 0 Å². The molecule has 3 heterocycles. The van der Waals surface area contributed by atoms with Gasteiger partial charge in [0.2, 0.25) is 23.6 Å². The van der Waals surface area contributed by atoms with Crippen LogP contribution < -0.4 is 16.4 Å². The number of nitrogens with one attached hydrogen (secondary N) is 2. The van der Waals surface area contributed by atoms with Crippen molar-refractivity contribution in [3.63, 3.8) is 0 Å². The highest BCUT2D eigenvalue weighted by Gasteiger charge is 2.70. The normalized spacial score (nSPS) is 28.7. The molecule has 3 aliphatic heterocycles. The summed E-state index contributed by atoms with van der Waals surface area (Å²) in [5.74, 6) is -3.85. The average Bonchev–Trinajstić information content (AvgIpc) is 3.29. The second kappa shape index (κ2) is 6.90. The minimum atomic E-state index is -1.50. The van der Waals surface area contributed by atoms with E-state index in [1.54, 1.807) is 18.2 Å². The Balaban J connectivity index is 1.62. The van der Waals surface area contributed by atoms with E-state index in [0.29, 0.717) is 16.3 Å². The molecule has 2 unspecified atom stereocenters. The fourth-order valence-corrected chi connectivity index (χ4v) is 5.32. The zero-order chi connectivity index (χ0) is 21.9. The van der Waals surface area contributed by atoms with Gasteiger partial charge in [0, 0.05) is 28.7 Å². The number of rotatable bonds is 4. The molecule has 31 heavy (non-hydrogen) atoms. The van der Waals surface area contributed by atoms with Gasteiger partial charge < -0.3 is 11.1 Å². The van der Waals surface area contributed by atoms with Crippen LogP contribution in [0.2, 0.25) is 5.02 Å². The lowest BCUT2D eigenvalue weighted by Gasteiger charge is -2.29. The van der Waals surface area contributed by atoms with Gasteiger partial charge in [-0.25, -0.2) is 0 Å². The number of fused-ring (bicyclic) bond motifs is 4. The molecule has 5 rings (SSSR count). The van der Waals surface area contributed by atoms with Crippen LogP contribution in [0.4, 0.5) is 5.69 Å². The SMILES string of the molecule is NC(=O)CC1NC2(C(=O)Nc3ccc(Cl)cc32)[C@@H]2C(=O)N(Cc3ccccc3)C(=O)[C@H]12. The maximum atomic E-state index is 13.6. The number of halogens is 1. The third-order valence-electron chi connectivity index (χ3n) is 6.37. The molecule has 4 amide bonds. The summed E-state index contributed by atoms with van der Waals surface area (Å²) in [5, 5.41) is 6.32. The number of nitrogens with two attached hydrogens (primary N) is 1. The number of hydrogen-bond acceptors (Lipinski definition) is 5. The minimum Gasteiger partial charge on any atom is -0.370 e. The summed E-state index contributed by atoms with van der Waals surface area (Å²) in [6, 6.07) is 13.3. The molecule has 2 aromatic carbocycles. The molecule has 9 heteroatoms. The summed E-state index contributed by atoms with van der Waals surface area (Å²) < 4.78 is 0. The number of nitrogens with zero attached hydrogens (tertiary/aromatic N) is 1. The Labute approximate surface area is 182 Å². The van der Waals surface area contributed by atoms with E-state index < -0.39 is 47.0 Å². The van der Waals surface area contributed by atoms with Crippen molar-refractivity contribution in [3.8, 4) is 0 Å². The van der Waals surface area contributed by atoms with Crippen LogP contribution in [0, 0.1) is 11.8 Å². The summed E-state index contributed by atoms with van der Waals surface area (Å²) in [6.45, 7) is 0.0922. The van der Waals surface area contributed by atoms with Gasteiger partial charge in [0.05, 0.1) is 18.4 Å². The van der Waals surface area contributed by atoms with Gasteiger partial charge in [0.1, 0.15) is 5.54 Å². The van der Waals surface area contributed by atoms with Crippen molar-refractivity contribution in [2.24, 2.45) is 17.6 Å². The van der Waals surface area contributed by atoms with Crippen molar-refractivity contribution in [3.05, 3.63) is 64.7 Å². The lowest BCUT2D eigenvalue weighted by Crippen LogP contribution is -2.53. The van der Waals surface area contributed by atoms with Gasteiger partial charge in [0.15, 0.2) is 0 Å². The van der Waals surface area contributed by atoms with E-state index in [1.807, 2.05) is 30.3 Å². The Morgan fingerprint density at radius 3 is 2.55 bits per heavy atom. The number of hydrogen-bond donors (Lipinski definition) is 3. The third-order valence-corrected chi connectivity index (χ3v) is 6.61. The number of carbonyl (C=O) groups is 4. The molecule has 8 nitrogen and oxygen atoms in total. The number of anilines is 1. The topological polar surface area (TPSA) is 122 Å². The number of benzene rings is 2. The first-order chi connectivity index (χ1) is 14.8. The lowest BCUT2D eigenvalue weighted by atomic mass is 9.76. The Morgan fingerprint density at radius 2 is 1.84 bits per heavy atom. The molecular weight excluding hydrogens is 420 g/mol. The first kappa shape index (κ1) is 19.7. The number of amides is 4. The average molecular weight is 439 g/mol. The van der Waals surface area contributed by atoms with Crippen molar-refractivity contribution in [1.82, 2.24) is 10.2 Å². The molecular formula is C22H19ClN4O4. The van der Waals surface area contributed by atoms with Gasteiger partial charge in [-0.05, 0) is 23.8 Å². The molecule has 158 valence electrons. The maximum Gasteiger partial charge on any atom is 0.250 e. The van der Waals surface area contributed by atoms with Crippen LogP contribution in [0.15, 0.2) is 48.5 Å². The van der Waals surface area contributed by atoms with Crippen LogP contribution in [-0.2, 0) is 31.3 Å². The summed E-state index contributed by atoms with van der Waals surface area (Å²) in [4.78, 5) is 53.1. The summed E-state index contributed by atoms with van der Waals surface area (Å²) in [6.07, 6.45) is -0.176. The molecule has 2 aromatic rings. The molecule has 0 saturated carbocycles. The fraction of sp³-hybridized carbons (Fsp3) is 0.273. The third kappa shape index (κ3) is 2.79. The number of imide groups is 1. The lowest BCUT2D eigenvalue weighted by molar-refractivity contribution is -0.143. The highest BCUT2D eigenvalue weighted by molar-refractivity contribution is 6.31. The highest BCUT2D eigenvalue weighted by Crippen LogP contribution is 2.53. The molecule has 0 radical (unpaired) electrons. The van der Waals surface area contributed by atoms with Gasteiger partial charge >= 0.3 is 0 Å². The van der Waals surface area contributed by atoms with Gasteiger partial charge in [-0.1, -0.05) is 41.9 Å². The predicted octanol–water partition coefficient (Wildman–Crippen LogP) is 1.14. The van der Waals surface area contributed by atoms with Gasteiger partial charge in [-0.3, -0.25) is 29.4 Å². The first-order valence-electron chi connectivity index (χ1n) is 9.89. The molecule has 2 saturated heterocycles. The van der Waals surface area contributed by atoms with E-state index in [0.717, 1.165) is 5.56 Å². The summed E-state index contributed by atoms with van der Waals surface area (Å²) >= 11 is 6.19. The second-order valence-electron chi connectivity index (χ2n) is 8.12. The molecule has 3 aliphatic rings. The second-order valence-corrected chi connectivity index (χ2v) is 8.56. The molecule has 2 fully saturated rings. The van der Waals surface area contributed by atoms with Crippen molar-refractivity contribution in [2.75, 3.05) is 5.32 Å². The van der Waals surface area contributed by atoms with Crippen molar-refractivity contribution >= 4 is 40.9 Å². The summed E-state index contributed by atoms with van der Waals surface area (Å²) in [7, 11) is 0.